The molecule has 0 fully saturated rings. The van der Waals surface area contributed by atoms with Crippen LogP contribution in [0.15, 0.2) is 94.0 Å². The van der Waals surface area contributed by atoms with Crippen LogP contribution in [0.5, 0.6) is 5.75 Å². The van der Waals surface area contributed by atoms with Crippen LogP contribution in [-0.2, 0) is 16.1 Å². The number of hydrogen-bond donors (Lipinski definition) is 0. The van der Waals surface area contributed by atoms with Crippen molar-refractivity contribution in [2.45, 2.75) is 6.61 Å². The van der Waals surface area contributed by atoms with Crippen LogP contribution < -0.4 is 4.74 Å². The van der Waals surface area contributed by atoms with Crippen molar-refractivity contribution in [2.75, 3.05) is 0 Å². The molecule has 0 bridgehead atoms. The van der Waals surface area contributed by atoms with Gasteiger partial charge in [-0.05, 0) is 47.5 Å². The van der Waals surface area contributed by atoms with Gasteiger partial charge in [-0.25, -0.2) is 9.79 Å². The zero-order valence-electron chi connectivity index (χ0n) is 14.8. The molecule has 0 N–H and O–H groups in total. The monoisotopic (exact) mass is 433 g/mol. The van der Waals surface area contributed by atoms with E-state index in [-0.39, 0.29) is 5.70 Å². The minimum absolute atomic E-state index is 0.259. The summed E-state index contributed by atoms with van der Waals surface area (Å²) in [5.74, 6) is 0.556. The number of halogens is 1. The summed E-state index contributed by atoms with van der Waals surface area (Å²) in [6.45, 7) is 0.480. The third kappa shape index (κ3) is 4.38. The summed E-state index contributed by atoms with van der Waals surface area (Å²) in [6, 6.07) is 24.9. The number of ether oxygens (including phenoxy) is 2. The first-order chi connectivity index (χ1) is 13.7. The van der Waals surface area contributed by atoms with Crippen LogP contribution >= 0.6 is 15.9 Å². The Bertz CT molecular complexity index is 1070. The topological polar surface area (TPSA) is 47.9 Å². The van der Waals surface area contributed by atoms with Crippen molar-refractivity contribution >= 4 is 33.9 Å². The quantitative estimate of drug-likeness (QED) is 0.401. The van der Waals surface area contributed by atoms with Gasteiger partial charge in [-0.3, -0.25) is 0 Å². The van der Waals surface area contributed by atoms with Gasteiger partial charge in [0.25, 0.3) is 0 Å². The molecule has 0 saturated heterocycles. The number of hydrogen-bond acceptors (Lipinski definition) is 4. The highest BCUT2D eigenvalue weighted by Crippen LogP contribution is 2.23. The van der Waals surface area contributed by atoms with E-state index in [1.165, 1.54) is 0 Å². The van der Waals surface area contributed by atoms with Gasteiger partial charge in [-0.1, -0.05) is 64.5 Å². The molecule has 0 aromatic heterocycles. The number of cyclic esters (lactones) is 1. The summed E-state index contributed by atoms with van der Waals surface area (Å²) >= 11 is 3.41. The smallest absolute Gasteiger partial charge is 0.363 e. The Labute approximate surface area is 171 Å². The molecule has 0 atom stereocenters. The normalized spacial score (nSPS) is 14.7. The average molecular weight is 434 g/mol. The number of esters is 1. The summed E-state index contributed by atoms with van der Waals surface area (Å²) in [7, 11) is 0. The zero-order valence-corrected chi connectivity index (χ0v) is 16.4. The number of aliphatic imine (C=N–C) groups is 1. The third-order valence-corrected chi connectivity index (χ3v) is 4.60. The highest BCUT2D eigenvalue weighted by atomic mass is 79.9. The Morgan fingerprint density at radius 1 is 0.964 bits per heavy atom. The summed E-state index contributed by atoms with van der Waals surface area (Å²) in [4.78, 5) is 16.5. The van der Waals surface area contributed by atoms with Crippen molar-refractivity contribution < 1.29 is 14.3 Å². The van der Waals surface area contributed by atoms with Crippen molar-refractivity contribution in [3.8, 4) is 5.75 Å². The van der Waals surface area contributed by atoms with Gasteiger partial charge in [0.15, 0.2) is 5.70 Å². The molecule has 1 aliphatic rings. The van der Waals surface area contributed by atoms with Gasteiger partial charge in [0.05, 0.1) is 0 Å². The lowest BCUT2D eigenvalue weighted by molar-refractivity contribution is -0.129. The zero-order chi connectivity index (χ0) is 19.3. The lowest BCUT2D eigenvalue weighted by Crippen LogP contribution is -2.05. The first-order valence-corrected chi connectivity index (χ1v) is 9.52. The Balaban J connectivity index is 1.52. The van der Waals surface area contributed by atoms with Crippen LogP contribution in [0.1, 0.15) is 16.7 Å². The second-order valence-electron chi connectivity index (χ2n) is 6.19. The summed E-state index contributed by atoms with van der Waals surface area (Å²) in [5.41, 5.74) is 2.91. The molecule has 0 spiro atoms. The number of rotatable bonds is 5. The van der Waals surface area contributed by atoms with Crippen molar-refractivity contribution in [1.29, 1.82) is 0 Å². The number of carbonyl (C=O) groups excluding carboxylic acids is 1. The number of nitrogens with zero attached hydrogens (tertiary/aromatic N) is 1. The minimum Gasteiger partial charge on any atom is -0.489 e. The fourth-order valence-electron chi connectivity index (χ4n) is 2.75. The van der Waals surface area contributed by atoms with Gasteiger partial charge in [-0.15, -0.1) is 0 Å². The predicted molar refractivity (Wildman–Crippen MR) is 112 cm³/mol. The molecule has 5 heteroatoms. The van der Waals surface area contributed by atoms with E-state index in [0.29, 0.717) is 12.5 Å². The van der Waals surface area contributed by atoms with Crippen LogP contribution in [0.3, 0.4) is 0 Å². The molecule has 1 heterocycles. The second kappa shape index (κ2) is 8.23. The Morgan fingerprint density at radius 3 is 2.61 bits per heavy atom. The highest BCUT2D eigenvalue weighted by Gasteiger charge is 2.24. The van der Waals surface area contributed by atoms with E-state index < -0.39 is 5.97 Å². The van der Waals surface area contributed by atoms with E-state index in [2.05, 4.69) is 20.9 Å². The van der Waals surface area contributed by atoms with Crippen molar-refractivity contribution in [2.24, 2.45) is 4.99 Å². The third-order valence-electron chi connectivity index (χ3n) is 4.10. The van der Waals surface area contributed by atoms with E-state index in [4.69, 9.17) is 9.47 Å². The van der Waals surface area contributed by atoms with E-state index in [9.17, 15) is 4.79 Å². The predicted octanol–water partition coefficient (Wildman–Crippen LogP) is 5.37. The summed E-state index contributed by atoms with van der Waals surface area (Å²) < 4.78 is 12.0. The Kier molecular flexibility index (Phi) is 5.35. The highest BCUT2D eigenvalue weighted by molar-refractivity contribution is 9.10. The SMILES string of the molecule is O=C1OC(c2cccc(Br)c2)=N/C1=C\c1cccc(OCc2ccccc2)c1. The molecule has 1 aliphatic heterocycles. The molecular formula is C23H16BrNO3. The van der Waals surface area contributed by atoms with Crippen LogP contribution in [-0.4, -0.2) is 11.9 Å². The van der Waals surface area contributed by atoms with Crippen LogP contribution in [0.4, 0.5) is 0 Å². The first kappa shape index (κ1) is 18.2. The van der Waals surface area contributed by atoms with E-state index in [1.54, 1.807) is 6.08 Å². The van der Waals surface area contributed by atoms with Gasteiger partial charge in [0.2, 0.25) is 5.90 Å². The standard InChI is InChI=1S/C23H16BrNO3/c24-19-10-5-9-18(14-19)22-25-21(23(26)28-22)13-17-8-4-11-20(12-17)27-15-16-6-2-1-3-7-16/h1-14H,15H2/b21-13-. The maximum atomic E-state index is 12.2. The molecule has 138 valence electrons. The van der Waals surface area contributed by atoms with Gasteiger partial charge >= 0.3 is 5.97 Å². The van der Waals surface area contributed by atoms with E-state index >= 15 is 0 Å². The molecule has 3 aromatic carbocycles. The van der Waals surface area contributed by atoms with Gasteiger partial charge in [0, 0.05) is 10.0 Å². The fraction of sp³-hybridized carbons (Fsp3) is 0.0435. The van der Waals surface area contributed by atoms with Crippen molar-refractivity contribution in [3.63, 3.8) is 0 Å². The lowest BCUT2D eigenvalue weighted by atomic mass is 10.2. The van der Waals surface area contributed by atoms with Gasteiger partial charge < -0.3 is 9.47 Å². The lowest BCUT2D eigenvalue weighted by Gasteiger charge is -2.07. The molecule has 4 rings (SSSR count). The van der Waals surface area contributed by atoms with Crippen LogP contribution in [0, 0.1) is 0 Å². The molecular weight excluding hydrogens is 418 g/mol. The molecule has 0 radical (unpaired) electrons. The average Bonchev–Trinajstić information content (AvgIpc) is 3.08. The van der Waals surface area contributed by atoms with E-state index in [1.807, 2.05) is 78.9 Å². The molecule has 0 amide bonds. The molecule has 28 heavy (non-hydrogen) atoms. The summed E-state index contributed by atoms with van der Waals surface area (Å²) in [5, 5.41) is 0. The Morgan fingerprint density at radius 2 is 1.79 bits per heavy atom. The maximum Gasteiger partial charge on any atom is 0.363 e. The van der Waals surface area contributed by atoms with Gasteiger partial charge in [-0.2, -0.15) is 0 Å². The van der Waals surface area contributed by atoms with Crippen molar-refractivity contribution in [3.05, 3.63) is 106 Å². The van der Waals surface area contributed by atoms with Crippen LogP contribution in [0.2, 0.25) is 0 Å². The maximum absolute atomic E-state index is 12.2. The second-order valence-corrected chi connectivity index (χ2v) is 7.11. The first-order valence-electron chi connectivity index (χ1n) is 8.73. The molecule has 0 aliphatic carbocycles. The summed E-state index contributed by atoms with van der Waals surface area (Å²) in [6.07, 6.45) is 1.70. The molecule has 4 nitrogen and oxygen atoms in total. The largest absolute Gasteiger partial charge is 0.489 e. The van der Waals surface area contributed by atoms with Crippen molar-refractivity contribution in [1.82, 2.24) is 0 Å². The van der Waals surface area contributed by atoms with Crippen LogP contribution in [0.25, 0.3) is 6.08 Å². The fourth-order valence-corrected chi connectivity index (χ4v) is 3.15. The molecule has 3 aromatic rings. The number of carbonyl (C=O) groups is 1. The molecule has 0 saturated carbocycles. The number of benzene rings is 3. The van der Waals surface area contributed by atoms with Gasteiger partial charge in [0.1, 0.15) is 12.4 Å². The minimum atomic E-state index is -0.467. The van der Waals surface area contributed by atoms with E-state index in [0.717, 1.165) is 26.9 Å². The Hall–Kier alpha value is -3.18. The molecule has 0 unspecified atom stereocenters.